The summed E-state index contributed by atoms with van der Waals surface area (Å²) in [5.74, 6) is 0.869. The molecule has 182 valence electrons. The van der Waals surface area contributed by atoms with Gasteiger partial charge in [0, 0.05) is 35.8 Å². The predicted molar refractivity (Wildman–Crippen MR) is 137 cm³/mol. The first-order valence-corrected chi connectivity index (χ1v) is 12.2. The fraction of sp³-hybridized carbons (Fsp3) is 0.444. The van der Waals surface area contributed by atoms with Gasteiger partial charge in [0.1, 0.15) is 5.75 Å². The number of rotatable bonds is 9. The molecule has 7 heteroatoms. The van der Waals surface area contributed by atoms with Gasteiger partial charge in [-0.05, 0) is 71.2 Å². The summed E-state index contributed by atoms with van der Waals surface area (Å²) in [7, 11) is 1.96. The zero-order chi connectivity index (χ0) is 24.2. The number of anilines is 2. The third-order valence-corrected chi connectivity index (χ3v) is 6.09. The maximum absolute atomic E-state index is 12.0. The second-order valence-corrected chi connectivity index (χ2v) is 8.84. The Hall–Kier alpha value is -3.19. The fourth-order valence-electron chi connectivity index (χ4n) is 4.48. The van der Waals surface area contributed by atoms with Gasteiger partial charge in [-0.2, -0.15) is 0 Å². The molecule has 0 bridgehead atoms. The van der Waals surface area contributed by atoms with Crippen LogP contribution in [-0.2, 0) is 9.57 Å². The van der Waals surface area contributed by atoms with Gasteiger partial charge in [0.05, 0.1) is 36.2 Å². The van der Waals surface area contributed by atoms with E-state index < -0.39 is 6.09 Å². The number of hydrogen-bond acceptors (Lipinski definition) is 5. The van der Waals surface area contributed by atoms with Gasteiger partial charge in [-0.1, -0.05) is 12.1 Å². The zero-order valence-corrected chi connectivity index (χ0v) is 20.8. The number of carbonyl (C=O) groups is 1. The van der Waals surface area contributed by atoms with Gasteiger partial charge in [-0.15, -0.1) is 0 Å². The number of fused-ring (bicyclic) bond motifs is 1. The Morgan fingerprint density at radius 3 is 2.44 bits per heavy atom. The van der Waals surface area contributed by atoms with Crippen LogP contribution in [0.3, 0.4) is 0 Å². The van der Waals surface area contributed by atoms with Crippen molar-refractivity contribution in [2.75, 3.05) is 30.6 Å². The number of hydroxylamine groups is 1. The maximum Gasteiger partial charge on any atom is 0.411 e. The highest BCUT2D eigenvalue weighted by molar-refractivity contribution is 6.03. The van der Waals surface area contributed by atoms with Crippen molar-refractivity contribution in [2.45, 2.75) is 59.1 Å². The lowest BCUT2D eigenvalue weighted by atomic mass is 9.92. The van der Waals surface area contributed by atoms with Crippen LogP contribution in [0.25, 0.3) is 22.2 Å². The van der Waals surface area contributed by atoms with E-state index >= 15 is 0 Å². The summed E-state index contributed by atoms with van der Waals surface area (Å²) in [6.45, 7) is 8.85. The van der Waals surface area contributed by atoms with E-state index in [9.17, 15) is 4.79 Å². The predicted octanol–water partition coefficient (Wildman–Crippen LogP) is 6.78. The van der Waals surface area contributed by atoms with Gasteiger partial charge < -0.3 is 14.0 Å². The van der Waals surface area contributed by atoms with Gasteiger partial charge in [0.15, 0.2) is 0 Å². The lowest BCUT2D eigenvalue weighted by Gasteiger charge is -2.31. The van der Waals surface area contributed by atoms with E-state index in [1.54, 1.807) is 0 Å². The monoisotopic (exact) mass is 465 g/mol. The molecule has 1 amide bonds. The first kappa shape index (κ1) is 24.0. The minimum Gasteiger partial charge on any atom is -0.494 e. The molecule has 0 aliphatic heterocycles. The van der Waals surface area contributed by atoms with Gasteiger partial charge in [-0.3, -0.25) is 15.2 Å². The van der Waals surface area contributed by atoms with E-state index in [1.165, 1.54) is 6.42 Å². The molecule has 4 rings (SSSR count). The number of hydrogen-bond donors (Lipinski definition) is 1. The molecule has 3 aromatic rings. The van der Waals surface area contributed by atoms with Crippen LogP contribution in [0.2, 0.25) is 0 Å². The van der Waals surface area contributed by atoms with Crippen molar-refractivity contribution in [2.24, 2.45) is 0 Å². The number of ether oxygens (including phenoxy) is 2. The van der Waals surface area contributed by atoms with Crippen LogP contribution < -0.4 is 15.1 Å². The molecule has 0 spiro atoms. The molecule has 2 aromatic carbocycles. The third kappa shape index (κ3) is 4.85. The zero-order valence-electron chi connectivity index (χ0n) is 20.8. The maximum atomic E-state index is 12.0. The van der Waals surface area contributed by atoms with Crippen molar-refractivity contribution < 1.29 is 19.1 Å². The number of nitrogens with zero attached hydrogens (tertiary/aromatic N) is 2. The summed E-state index contributed by atoms with van der Waals surface area (Å²) in [6.07, 6.45) is 2.90. The van der Waals surface area contributed by atoms with Gasteiger partial charge in [-0.25, -0.2) is 4.79 Å². The normalized spacial score (nSPS) is 13.7. The molecule has 1 aliphatic carbocycles. The molecular weight excluding hydrogens is 430 g/mol. The van der Waals surface area contributed by atoms with E-state index in [1.807, 2.05) is 70.1 Å². The summed E-state index contributed by atoms with van der Waals surface area (Å²) >= 11 is 0. The molecule has 0 unspecified atom stereocenters. The van der Waals surface area contributed by atoms with Crippen LogP contribution in [0, 0.1) is 0 Å². The van der Waals surface area contributed by atoms with Crippen molar-refractivity contribution in [3.8, 4) is 17.0 Å². The fourth-order valence-corrected chi connectivity index (χ4v) is 4.48. The van der Waals surface area contributed by atoms with Crippen LogP contribution in [0.15, 0.2) is 42.5 Å². The number of nitrogens with one attached hydrogen (secondary N) is 1. The molecule has 0 atom stereocenters. The van der Waals surface area contributed by atoms with E-state index in [0.29, 0.717) is 24.9 Å². The third-order valence-electron chi connectivity index (χ3n) is 6.09. The number of aromatic nitrogens is 1. The summed E-state index contributed by atoms with van der Waals surface area (Å²) in [6, 6.07) is 14.6. The quantitative estimate of drug-likeness (QED) is 0.353. The Bertz CT molecular complexity index is 1130. The van der Waals surface area contributed by atoms with Crippen LogP contribution >= 0.6 is 0 Å². The summed E-state index contributed by atoms with van der Waals surface area (Å²) in [5, 5.41) is 5.80. The molecule has 1 aromatic heterocycles. The van der Waals surface area contributed by atoms with Crippen LogP contribution in [0.4, 0.5) is 16.2 Å². The Balaban J connectivity index is 1.83. The first-order chi connectivity index (χ1) is 16.4. The summed E-state index contributed by atoms with van der Waals surface area (Å²) < 4.78 is 13.5. The number of benzene rings is 2. The molecule has 0 saturated heterocycles. The standard InChI is InChI=1S/C27H35N3O4/c1-6-32-22-15-16-23-24(17-22)30(21-9-8-10-21)25(26(23)29(5)33-7-2)19-11-13-20(14-12-19)28-27(31)34-18(3)4/h11-18,21H,6-10H2,1-5H3,(H,28,31). The average molecular weight is 466 g/mol. The van der Waals surface area contributed by atoms with Crippen molar-refractivity contribution in [3.63, 3.8) is 0 Å². The topological polar surface area (TPSA) is 65.0 Å². The van der Waals surface area contributed by atoms with Crippen molar-refractivity contribution in [3.05, 3.63) is 42.5 Å². The lowest BCUT2D eigenvalue weighted by molar-refractivity contribution is 0.130. The van der Waals surface area contributed by atoms with Crippen molar-refractivity contribution >= 4 is 28.4 Å². The lowest BCUT2D eigenvalue weighted by Crippen LogP contribution is -2.20. The minimum atomic E-state index is -0.452. The SMILES string of the molecule is CCOc1ccc2c(N(C)OCC)c(-c3ccc(NC(=O)OC(C)C)cc3)n(C3CCC3)c2c1. The molecule has 1 saturated carbocycles. The van der Waals surface area contributed by atoms with Gasteiger partial charge in [0.25, 0.3) is 0 Å². The molecule has 1 N–H and O–H groups in total. The van der Waals surface area contributed by atoms with Crippen molar-refractivity contribution in [1.82, 2.24) is 4.57 Å². The smallest absolute Gasteiger partial charge is 0.411 e. The van der Waals surface area contributed by atoms with Gasteiger partial charge in [0.2, 0.25) is 0 Å². The highest BCUT2D eigenvalue weighted by Gasteiger charge is 2.29. The Morgan fingerprint density at radius 2 is 1.85 bits per heavy atom. The van der Waals surface area contributed by atoms with E-state index in [0.717, 1.165) is 46.4 Å². The highest BCUT2D eigenvalue weighted by atomic mass is 16.7. The molecule has 1 heterocycles. The number of carbonyl (C=O) groups excluding carboxylic acids is 1. The van der Waals surface area contributed by atoms with E-state index in [2.05, 4.69) is 22.0 Å². The summed E-state index contributed by atoms with van der Waals surface area (Å²) in [5.41, 5.74) is 5.05. The largest absolute Gasteiger partial charge is 0.494 e. The molecule has 0 radical (unpaired) electrons. The van der Waals surface area contributed by atoms with Crippen molar-refractivity contribution in [1.29, 1.82) is 0 Å². The van der Waals surface area contributed by atoms with Gasteiger partial charge >= 0.3 is 6.09 Å². The van der Waals surface area contributed by atoms with E-state index in [-0.39, 0.29) is 6.10 Å². The van der Waals surface area contributed by atoms with Crippen LogP contribution in [0.1, 0.15) is 53.0 Å². The first-order valence-electron chi connectivity index (χ1n) is 12.2. The second kappa shape index (κ2) is 10.4. The molecule has 34 heavy (non-hydrogen) atoms. The highest BCUT2D eigenvalue weighted by Crippen LogP contribution is 2.47. The second-order valence-electron chi connectivity index (χ2n) is 8.84. The Kier molecular flexibility index (Phi) is 7.32. The van der Waals surface area contributed by atoms with E-state index in [4.69, 9.17) is 14.3 Å². The Labute approximate surface area is 201 Å². The molecular formula is C27H35N3O4. The molecule has 7 nitrogen and oxygen atoms in total. The average Bonchev–Trinajstić information content (AvgIpc) is 3.07. The summed E-state index contributed by atoms with van der Waals surface area (Å²) in [4.78, 5) is 18.0. The van der Waals surface area contributed by atoms with Crippen LogP contribution in [-0.4, -0.2) is 37.0 Å². The minimum absolute atomic E-state index is 0.171. The van der Waals surface area contributed by atoms with Crippen LogP contribution in [0.5, 0.6) is 5.75 Å². The Morgan fingerprint density at radius 1 is 1.12 bits per heavy atom. The number of amides is 1. The molecule has 1 aliphatic rings. The molecule has 1 fully saturated rings.